The molecule has 2 atom stereocenters. The summed E-state index contributed by atoms with van der Waals surface area (Å²) in [5.41, 5.74) is 2.90. The van der Waals surface area contributed by atoms with Crippen LogP contribution >= 0.6 is 0 Å². The Labute approximate surface area is 262 Å². The average molecular weight is 623 g/mol. The van der Waals surface area contributed by atoms with Crippen molar-refractivity contribution in [3.8, 4) is 0 Å². The first-order valence-electron chi connectivity index (χ1n) is 15.5. The van der Waals surface area contributed by atoms with Crippen LogP contribution in [0.25, 0.3) is 5.57 Å². The summed E-state index contributed by atoms with van der Waals surface area (Å²) >= 11 is 0. The third kappa shape index (κ3) is 6.06. The van der Waals surface area contributed by atoms with Crippen LogP contribution in [0, 0.1) is 16.7 Å². The molecule has 1 unspecified atom stereocenters. The molecule has 0 bridgehead atoms. The van der Waals surface area contributed by atoms with Gasteiger partial charge in [-0.2, -0.15) is 13.2 Å². The number of benzene rings is 2. The predicted molar refractivity (Wildman–Crippen MR) is 166 cm³/mol. The van der Waals surface area contributed by atoms with Crippen LogP contribution < -0.4 is 0 Å². The molecule has 2 amide bonds. The van der Waals surface area contributed by atoms with Crippen molar-refractivity contribution in [1.29, 1.82) is 0 Å². The van der Waals surface area contributed by atoms with E-state index >= 15 is 0 Å². The lowest BCUT2D eigenvalue weighted by Gasteiger charge is -2.52. The number of hydrogen-bond acceptors (Lipinski definition) is 3. The number of halogens is 3. The molecule has 45 heavy (non-hydrogen) atoms. The molecule has 3 aliphatic rings. The average Bonchev–Trinajstić information content (AvgIpc) is 3.00. The van der Waals surface area contributed by atoms with E-state index in [1.165, 1.54) is 10.5 Å². The summed E-state index contributed by atoms with van der Waals surface area (Å²) in [4.78, 5) is 42.2. The van der Waals surface area contributed by atoms with E-state index in [1.807, 2.05) is 47.4 Å². The van der Waals surface area contributed by atoms with Crippen molar-refractivity contribution in [3.05, 3.63) is 89.0 Å². The first kappa shape index (κ1) is 32.5. The number of fused-ring (bicyclic) bond motifs is 1. The molecule has 5 rings (SSSR count). The van der Waals surface area contributed by atoms with E-state index in [2.05, 4.69) is 32.9 Å². The second kappa shape index (κ2) is 11.8. The van der Waals surface area contributed by atoms with Crippen LogP contribution in [0.15, 0.2) is 72.3 Å². The molecule has 2 aliphatic heterocycles. The second-order valence-corrected chi connectivity index (χ2v) is 13.7. The highest BCUT2D eigenvalue weighted by Crippen LogP contribution is 2.55. The topological polar surface area (TPSA) is 77.9 Å². The van der Waals surface area contributed by atoms with Crippen molar-refractivity contribution < 1.29 is 32.7 Å². The van der Waals surface area contributed by atoms with Crippen molar-refractivity contribution in [2.45, 2.75) is 65.0 Å². The SMILES string of the molecule is CC(CC(=O)N1CCC(C(=O)N2CC=C3C(C)(C)C(c4ccc(C(=O)O)cc4)=CC[C@]3(C)C2)(c2ccccc2)CC1)C(F)(F)F. The van der Waals surface area contributed by atoms with Crippen LogP contribution in [0.3, 0.4) is 0 Å². The zero-order valence-corrected chi connectivity index (χ0v) is 26.3. The minimum absolute atomic E-state index is 0.0159. The monoisotopic (exact) mass is 622 g/mol. The van der Waals surface area contributed by atoms with Crippen molar-refractivity contribution in [2.75, 3.05) is 26.2 Å². The van der Waals surface area contributed by atoms with Crippen LogP contribution in [0.5, 0.6) is 0 Å². The Morgan fingerprint density at radius 1 is 0.911 bits per heavy atom. The normalized spacial score (nSPS) is 23.4. The van der Waals surface area contributed by atoms with E-state index < -0.39 is 35.8 Å². The van der Waals surface area contributed by atoms with Gasteiger partial charge in [0.15, 0.2) is 0 Å². The van der Waals surface area contributed by atoms with Crippen molar-refractivity contribution >= 4 is 23.4 Å². The Bertz CT molecular complexity index is 1520. The molecule has 0 aromatic heterocycles. The molecule has 2 aromatic carbocycles. The van der Waals surface area contributed by atoms with Crippen molar-refractivity contribution in [1.82, 2.24) is 9.80 Å². The van der Waals surface area contributed by atoms with E-state index in [0.717, 1.165) is 23.6 Å². The van der Waals surface area contributed by atoms with Gasteiger partial charge in [0.05, 0.1) is 16.9 Å². The molecule has 1 fully saturated rings. The third-order valence-electron chi connectivity index (χ3n) is 10.3. The maximum absolute atomic E-state index is 14.6. The maximum Gasteiger partial charge on any atom is 0.392 e. The highest BCUT2D eigenvalue weighted by molar-refractivity contribution is 5.90. The van der Waals surface area contributed by atoms with Crippen molar-refractivity contribution in [2.24, 2.45) is 16.7 Å². The molecule has 0 spiro atoms. The van der Waals surface area contributed by atoms with Crippen LogP contribution in [-0.2, 0) is 15.0 Å². The third-order valence-corrected chi connectivity index (χ3v) is 10.3. The van der Waals surface area contributed by atoms with Crippen LogP contribution in [0.1, 0.15) is 74.9 Å². The summed E-state index contributed by atoms with van der Waals surface area (Å²) in [6.45, 7) is 8.93. The van der Waals surface area contributed by atoms with Crippen LogP contribution in [0.2, 0.25) is 0 Å². The Balaban J connectivity index is 1.38. The lowest BCUT2D eigenvalue weighted by atomic mass is 9.58. The van der Waals surface area contributed by atoms with Gasteiger partial charge in [0.1, 0.15) is 0 Å². The Morgan fingerprint density at radius 2 is 1.53 bits per heavy atom. The fourth-order valence-corrected chi connectivity index (χ4v) is 7.69. The maximum atomic E-state index is 14.6. The van der Waals surface area contributed by atoms with Gasteiger partial charge in [0.25, 0.3) is 0 Å². The summed E-state index contributed by atoms with van der Waals surface area (Å²) in [7, 11) is 0. The molecule has 0 saturated carbocycles. The van der Waals surface area contributed by atoms with Gasteiger partial charge in [-0.1, -0.05) is 87.9 Å². The summed E-state index contributed by atoms with van der Waals surface area (Å²) < 4.78 is 39.4. The molecule has 1 saturated heterocycles. The summed E-state index contributed by atoms with van der Waals surface area (Å²) in [5.74, 6) is -3.23. The van der Waals surface area contributed by atoms with Gasteiger partial charge >= 0.3 is 12.1 Å². The smallest absolute Gasteiger partial charge is 0.392 e. The standard InChI is InChI=1S/C36H41F3N2O4/c1-24(36(37,38)39)22-30(42)40-20-17-35(18-21-40,27-8-6-5-7-9-27)32(45)41-19-15-29-33(2,3)28(14-16-34(29,4)23-41)25-10-12-26(13-11-25)31(43)44/h5-15,24H,16-23H2,1-4H3,(H,43,44)/t24?,34-/m1/s1. The van der Waals surface area contributed by atoms with Gasteiger partial charge in [0.2, 0.25) is 11.8 Å². The number of carbonyl (C=O) groups is 3. The van der Waals surface area contributed by atoms with Gasteiger partial charge in [-0.3, -0.25) is 9.59 Å². The van der Waals surface area contributed by atoms with E-state index in [1.54, 1.807) is 12.1 Å². The van der Waals surface area contributed by atoms with Gasteiger partial charge in [-0.15, -0.1) is 0 Å². The minimum atomic E-state index is -4.43. The van der Waals surface area contributed by atoms with E-state index in [0.29, 0.717) is 32.4 Å². The van der Waals surface area contributed by atoms with Gasteiger partial charge in [0, 0.05) is 43.4 Å². The molecule has 0 radical (unpaired) electrons. The first-order chi connectivity index (χ1) is 21.1. The fraction of sp³-hybridized carbons (Fsp3) is 0.472. The number of hydrogen-bond donors (Lipinski definition) is 1. The van der Waals surface area contributed by atoms with Crippen LogP contribution in [-0.4, -0.2) is 65.0 Å². The molecular formula is C36H41F3N2O4. The summed E-state index contributed by atoms with van der Waals surface area (Å²) in [5, 5.41) is 9.32. The number of alkyl halides is 3. The highest BCUT2D eigenvalue weighted by Gasteiger charge is 2.51. The fourth-order valence-electron chi connectivity index (χ4n) is 7.69. The number of aromatic carboxylic acids is 1. The minimum Gasteiger partial charge on any atom is -0.478 e. The van der Waals surface area contributed by atoms with E-state index in [9.17, 15) is 32.7 Å². The number of likely N-dealkylation sites (tertiary alicyclic amines) is 1. The van der Waals surface area contributed by atoms with Crippen molar-refractivity contribution in [3.63, 3.8) is 0 Å². The zero-order chi connectivity index (χ0) is 32.8. The lowest BCUT2D eigenvalue weighted by molar-refractivity contribution is -0.177. The quantitative estimate of drug-likeness (QED) is 0.348. The number of amides is 2. The Hall–Kier alpha value is -3.88. The molecule has 1 N–H and O–H groups in total. The molecule has 9 heteroatoms. The summed E-state index contributed by atoms with van der Waals surface area (Å²) in [6.07, 6.45) is 0.737. The Kier molecular flexibility index (Phi) is 8.53. The van der Waals surface area contributed by atoms with E-state index in [-0.39, 0.29) is 35.4 Å². The number of allylic oxidation sites excluding steroid dienone is 2. The number of nitrogens with zero attached hydrogens (tertiary/aromatic N) is 2. The second-order valence-electron chi connectivity index (χ2n) is 13.7. The number of carboxylic acid groups (broad SMARTS) is 1. The molecule has 1 aliphatic carbocycles. The molecular weight excluding hydrogens is 581 g/mol. The highest BCUT2D eigenvalue weighted by atomic mass is 19.4. The van der Waals surface area contributed by atoms with Gasteiger partial charge < -0.3 is 14.9 Å². The first-order valence-corrected chi connectivity index (χ1v) is 15.5. The Morgan fingerprint density at radius 3 is 2.11 bits per heavy atom. The molecule has 2 aromatic rings. The summed E-state index contributed by atoms with van der Waals surface area (Å²) in [6, 6.07) is 16.5. The van der Waals surface area contributed by atoms with Gasteiger partial charge in [-0.05, 0) is 48.1 Å². The zero-order valence-electron chi connectivity index (χ0n) is 26.3. The van der Waals surface area contributed by atoms with Gasteiger partial charge in [-0.25, -0.2) is 4.79 Å². The number of carbonyl (C=O) groups excluding carboxylic acids is 2. The number of piperidine rings is 1. The number of carboxylic acids is 1. The molecule has 6 nitrogen and oxygen atoms in total. The molecule has 240 valence electrons. The number of rotatable bonds is 6. The molecule has 2 heterocycles. The lowest BCUT2D eigenvalue weighted by Crippen LogP contribution is -2.57. The largest absolute Gasteiger partial charge is 0.478 e. The predicted octanol–water partition coefficient (Wildman–Crippen LogP) is 7.12. The van der Waals surface area contributed by atoms with Crippen LogP contribution in [0.4, 0.5) is 13.2 Å². The van der Waals surface area contributed by atoms with E-state index in [4.69, 9.17) is 0 Å².